The second-order valence-electron chi connectivity index (χ2n) is 13.2. The Morgan fingerprint density at radius 2 is 1.35 bits per heavy atom. The number of benzene rings is 4. The highest BCUT2D eigenvalue weighted by atomic mass is 32.2. The van der Waals surface area contributed by atoms with Crippen LogP contribution >= 0.6 is 0 Å². The number of unbranched alkanes of at least 4 members (excludes halogenated alkanes) is 2. The van der Waals surface area contributed by atoms with Crippen molar-refractivity contribution in [3.8, 4) is 0 Å². The number of anilines is 2. The van der Waals surface area contributed by atoms with E-state index in [0.29, 0.717) is 5.56 Å². The van der Waals surface area contributed by atoms with E-state index >= 15 is 0 Å². The Labute approximate surface area is 306 Å². The first-order chi connectivity index (χ1) is 24.8. The Morgan fingerprint density at radius 3 is 2.02 bits per heavy atom. The largest absolute Gasteiger partial charge is 0.341 e. The minimum atomic E-state index is -4.52. The molecule has 0 saturated heterocycles. The zero-order chi connectivity index (χ0) is 36.2. The molecule has 1 aliphatic rings. The standard InChI is InChI=1S/C45H52N2O3S/c1-5-9-19-35-33-39(46(31-7-3)37-21-13-11-14-22-37)27-29-41(35)45(43-25-17-18-26-44(43)51(48,49)50)42-30-28-40(34-36(42)20-10-6-2)47(32-8-4)38-23-15-12-16-24-38/h11-18,21-30,33-34H,5-10,19-20,31-32H2,1-4H3/p+1. The van der Waals surface area contributed by atoms with Crippen LogP contribution in [0.1, 0.15) is 89.3 Å². The third kappa shape index (κ3) is 9.24. The SMILES string of the molecule is CCCCC1=CC(=[N+](CCC)c2ccccc2)C=CC1=C(c1ccc(N(CCC)c2ccccc2)cc1CCCC)c1ccccc1S(=O)(=O)O. The molecule has 0 aromatic heterocycles. The molecule has 4 aromatic rings. The molecule has 0 radical (unpaired) electrons. The van der Waals surface area contributed by atoms with Crippen molar-refractivity contribution in [3.63, 3.8) is 0 Å². The monoisotopic (exact) mass is 701 g/mol. The van der Waals surface area contributed by atoms with Crippen LogP contribution in [-0.2, 0) is 16.5 Å². The number of allylic oxidation sites excluding steroid dienone is 5. The van der Waals surface area contributed by atoms with E-state index in [0.717, 1.165) is 115 Å². The molecule has 0 amide bonds. The molecule has 1 N–H and O–H groups in total. The molecule has 0 aliphatic heterocycles. The van der Waals surface area contributed by atoms with Gasteiger partial charge < -0.3 is 4.90 Å². The summed E-state index contributed by atoms with van der Waals surface area (Å²) >= 11 is 0. The smallest absolute Gasteiger partial charge is 0.295 e. The second-order valence-corrected chi connectivity index (χ2v) is 14.6. The van der Waals surface area contributed by atoms with Crippen LogP contribution in [0.5, 0.6) is 0 Å². The Kier molecular flexibility index (Phi) is 13.4. The maximum Gasteiger partial charge on any atom is 0.295 e. The number of nitrogens with zero attached hydrogens (tertiary/aromatic N) is 2. The maximum absolute atomic E-state index is 13.0. The summed E-state index contributed by atoms with van der Waals surface area (Å²) in [7, 11) is -4.52. The van der Waals surface area contributed by atoms with Gasteiger partial charge in [-0.3, -0.25) is 4.55 Å². The number of rotatable bonds is 16. The number of aryl methyl sites for hydroxylation is 1. The van der Waals surface area contributed by atoms with Gasteiger partial charge >= 0.3 is 0 Å². The van der Waals surface area contributed by atoms with Gasteiger partial charge in [0.2, 0.25) is 11.4 Å². The molecule has 266 valence electrons. The molecule has 5 rings (SSSR count). The van der Waals surface area contributed by atoms with Crippen LogP contribution in [-0.4, -0.2) is 36.3 Å². The van der Waals surface area contributed by atoms with Crippen LogP contribution in [0, 0.1) is 0 Å². The number of hydrogen-bond donors (Lipinski definition) is 1. The Morgan fingerprint density at radius 1 is 0.686 bits per heavy atom. The fraction of sp³-hybridized carbons (Fsp3) is 0.311. The predicted octanol–water partition coefficient (Wildman–Crippen LogP) is 11.5. The van der Waals surface area contributed by atoms with Crippen molar-refractivity contribution in [2.45, 2.75) is 84.0 Å². The van der Waals surface area contributed by atoms with Crippen LogP contribution in [0.4, 0.5) is 17.1 Å². The van der Waals surface area contributed by atoms with Crippen LogP contribution in [0.25, 0.3) is 5.57 Å². The average Bonchev–Trinajstić information content (AvgIpc) is 3.15. The molecule has 51 heavy (non-hydrogen) atoms. The van der Waals surface area contributed by atoms with Crippen molar-refractivity contribution in [1.82, 2.24) is 0 Å². The lowest BCUT2D eigenvalue weighted by Gasteiger charge is -2.27. The lowest BCUT2D eigenvalue weighted by molar-refractivity contribution is -0.439. The summed E-state index contributed by atoms with van der Waals surface area (Å²) in [4.78, 5) is 2.28. The summed E-state index contributed by atoms with van der Waals surface area (Å²) in [6, 6.07) is 34.5. The molecule has 4 aromatic carbocycles. The molecular formula is C45H53N2O3S+. The zero-order valence-electron chi connectivity index (χ0n) is 30.7. The lowest BCUT2D eigenvalue weighted by atomic mass is 9.82. The first-order valence-corrected chi connectivity index (χ1v) is 20.1. The lowest BCUT2D eigenvalue weighted by Crippen LogP contribution is -2.19. The van der Waals surface area contributed by atoms with E-state index in [1.165, 1.54) is 6.07 Å². The van der Waals surface area contributed by atoms with Gasteiger partial charge in [-0.1, -0.05) is 101 Å². The maximum atomic E-state index is 13.0. The normalized spacial score (nSPS) is 15.0. The highest BCUT2D eigenvalue weighted by Gasteiger charge is 2.27. The van der Waals surface area contributed by atoms with Crippen LogP contribution in [0.2, 0.25) is 0 Å². The van der Waals surface area contributed by atoms with E-state index in [1.54, 1.807) is 6.07 Å². The van der Waals surface area contributed by atoms with E-state index in [-0.39, 0.29) is 4.90 Å². The molecule has 0 bridgehead atoms. The first-order valence-electron chi connectivity index (χ1n) is 18.7. The molecule has 6 heteroatoms. The Bertz CT molecular complexity index is 2010. The molecule has 0 fully saturated rings. The quantitative estimate of drug-likeness (QED) is 0.0933. The van der Waals surface area contributed by atoms with Crippen LogP contribution < -0.4 is 4.90 Å². The molecule has 5 nitrogen and oxygen atoms in total. The zero-order valence-corrected chi connectivity index (χ0v) is 31.5. The van der Waals surface area contributed by atoms with Crippen molar-refractivity contribution in [1.29, 1.82) is 0 Å². The highest BCUT2D eigenvalue weighted by molar-refractivity contribution is 7.86. The number of hydrogen-bond acceptors (Lipinski definition) is 3. The van der Waals surface area contributed by atoms with Crippen molar-refractivity contribution in [2.24, 2.45) is 0 Å². The summed E-state index contributed by atoms with van der Waals surface area (Å²) < 4.78 is 39.0. The third-order valence-corrected chi connectivity index (χ3v) is 10.3. The van der Waals surface area contributed by atoms with Gasteiger partial charge in [0.25, 0.3) is 10.1 Å². The first kappa shape index (κ1) is 37.7. The van der Waals surface area contributed by atoms with E-state index in [1.807, 2.05) is 24.3 Å². The van der Waals surface area contributed by atoms with Gasteiger partial charge in [0.15, 0.2) is 0 Å². The van der Waals surface area contributed by atoms with Gasteiger partial charge in [-0.25, -0.2) is 0 Å². The molecule has 0 saturated carbocycles. The summed E-state index contributed by atoms with van der Waals surface area (Å²) in [6.45, 7) is 10.5. The van der Waals surface area contributed by atoms with Crippen LogP contribution in [0.3, 0.4) is 0 Å². The van der Waals surface area contributed by atoms with Gasteiger partial charge in [0, 0.05) is 54.2 Å². The van der Waals surface area contributed by atoms with E-state index in [2.05, 4.69) is 122 Å². The van der Waals surface area contributed by atoms with Gasteiger partial charge in [-0.2, -0.15) is 13.0 Å². The van der Waals surface area contributed by atoms with Crippen molar-refractivity contribution < 1.29 is 17.5 Å². The van der Waals surface area contributed by atoms with Crippen molar-refractivity contribution in [2.75, 3.05) is 18.0 Å². The molecular weight excluding hydrogens is 649 g/mol. The molecule has 0 spiro atoms. The molecule has 1 aliphatic carbocycles. The summed E-state index contributed by atoms with van der Waals surface area (Å²) in [5, 5.41) is 0. The summed E-state index contributed by atoms with van der Waals surface area (Å²) in [5.41, 5.74) is 10.2. The summed E-state index contributed by atoms with van der Waals surface area (Å²) in [5.74, 6) is 0. The minimum absolute atomic E-state index is 0.0789. The molecule has 0 heterocycles. The second kappa shape index (κ2) is 18.1. The van der Waals surface area contributed by atoms with Gasteiger partial charge in [0.1, 0.15) is 11.4 Å². The van der Waals surface area contributed by atoms with Crippen LogP contribution in [0.15, 0.2) is 137 Å². The summed E-state index contributed by atoms with van der Waals surface area (Å²) in [6.07, 6.45) is 14.3. The highest BCUT2D eigenvalue weighted by Crippen LogP contribution is 2.41. The predicted molar refractivity (Wildman–Crippen MR) is 214 cm³/mol. The van der Waals surface area contributed by atoms with Gasteiger partial charge in [-0.15, -0.1) is 0 Å². The average molecular weight is 702 g/mol. The van der Waals surface area contributed by atoms with Gasteiger partial charge in [-0.05, 0) is 96.4 Å². The van der Waals surface area contributed by atoms with Crippen molar-refractivity contribution >= 4 is 38.5 Å². The Hall–Kier alpha value is -4.52. The molecule has 0 unspecified atom stereocenters. The van der Waals surface area contributed by atoms with Gasteiger partial charge in [0.05, 0.1) is 0 Å². The van der Waals surface area contributed by atoms with E-state index < -0.39 is 10.1 Å². The minimum Gasteiger partial charge on any atom is -0.341 e. The van der Waals surface area contributed by atoms with E-state index in [9.17, 15) is 13.0 Å². The van der Waals surface area contributed by atoms with E-state index in [4.69, 9.17) is 0 Å². The topological polar surface area (TPSA) is 60.6 Å². The Balaban J connectivity index is 1.83. The van der Waals surface area contributed by atoms with Crippen molar-refractivity contribution in [3.05, 3.63) is 149 Å². The third-order valence-electron chi connectivity index (χ3n) is 9.40. The molecule has 0 atom stereocenters. The number of para-hydroxylation sites is 2. The fourth-order valence-corrected chi connectivity index (χ4v) is 7.64. The fourth-order valence-electron chi connectivity index (χ4n) is 6.94.